The summed E-state index contributed by atoms with van der Waals surface area (Å²) in [6.45, 7) is 2.31. The molecule has 0 bridgehead atoms. The van der Waals surface area contributed by atoms with Gasteiger partial charge in [0.05, 0.1) is 13.7 Å². The van der Waals surface area contributed by atoms with Crippen molar-refractivity contribution in [3.8, 4) is 0 Å². The highest BCUT2D eigenvalue weighted by atomic mass is 16.6. The lowest BCUT2D eigenvalue weighted by atomic mass is 9.87. The minimum atomic E-state index is -0.965. The van der Waals surface area contributed by atoms with E-state index in [1.807, 2.05) is 48.6 Å². The molecule has 0 spiro atoms. The highest BCUT2D eigenvalue weighted by Crippen LogP contribution is 2.25. The Bertz CT molecular complexity index is 618. The van der Waals surface area contributed by atoms with Crippen molar-refractivity contribution in [2.75, 3.05) is 13.7 Å². The monoisotopic (exact) mass is 330 g/mol. The maximum Gasteiger partial charge on any atom is 0.417 e. The maximum absolute atomic E-state index is 11.6. The van der Waals surface area contributed by atoms with Gasteiger partial charge in [-0.25, -0.2) is 9.59 Å². The molecule has 128 valence electrons. The van der Waals surface area contributed by atoms with Crippen molar-refractivity contribution < 1.29 is 23.8 Å². The largest absolute Gasteiger partial charge is 0.497 e. The molecule has 0 N–H and O–H groups in total. The van der Waals surface area contributed by atoms with E-state index >= 15 is 0 Å². The molecule has 5 nitrogen and oxygen atoms in total. The summed E-state index contributed by atoms with van der Waals surface area (Å²) < 4.78 is 15.1. The van der Waals surface area contributed by atoms with Gasteiger partial charge in [0.2, 0.25) is 0 Å². The normalized spacial score (nSPS) is 19.3. The van der Waals surface area contributed by atoms with Crippen molar-refractivity contribution in [1.29, 1.82) is 0 Å². The average molecular weight is 330 g/mol. The molecule has 0 saturated carbocycles. The van der Waals surface area contributed by atoms with Gasteiger partial charge in [-0.1, -0.05) is 43.3 Å². The summed E-state index contributed by atoms with van der Waals surface area (Å²) >= 11 is 0. The second-order valence-corrected chi connectivity index (χ2v) is 5.64. The first-order valence-electron chi connectivity index (χ1n) is 7.92. The van der Waals surface area contributed by atoms with Crippen molar-refractivity contribution in [1.82, 2.24) is 0 Å². The Labute approximate surface area is 141 Å². The third-order valence-corrected chi connectivity index (χ3v) is 3.91. The van der Waals surface area contributed by atoms with Gasteiger partial charge in [0.15, 0.2) is 0 Å². The van der Waals surface area contributed by atoms with Crippen LogP contribution >= 0.6 is 0 Å². The van der Waals surface area contributed by atoms with Crippen molar-refractivity contribution in [2.45, 2.75) is 20.0 Å². The first-order valence-corrected chi connectivity index (χ1v) is 7.92. The van der Waals surface area contributed by atoms with Gasteiger partial charge in [-0.05, 0) is 36.0 Å². The highest BCUT2D eigenvalue weighted by molar-refractivity contribution is 6.29. The molecule has 0 aliphatic heterocycles. The van der Waals surface area contributed by atoms with Gasteiger partial charge in [0, 0.05) is 0 Å². The summed E-state index contributed by atoms with van der Waals surface area (Å²) in [6.07, 6.45) is 6.61. The third kappa shape index (κ3) is 5.26. The molecule has 2 atom stereocenters. The first kappa shape index (κ1) is 17.8. The summed E-state index contributed by atoms with van der Waals surface area (Å²) in [5, 5.41) is 0. The summed E-state index contributed by atoms with van der Waals surface area (Å²) in [7, 11) is 1.63. The lowest BCUT2D eigenvalue weighted by molar-refractivity contribution is -0.168. The number of carbonyl (C=O) groups is 2. The number of carbonyl (C=O) groups excluding carboxylic acids is 2. The predicted molar refractivity (Wildman–Crippen MR) is 88.7 cm³/mol. The summed E-state index contributed by atoms with van der Waals surface area (Å²) in [6, 6.07) is 9.17. The Morgan fingerprint density at radius 3 is 2.46 bits per heavy atom. The minimum Gasteiger partial charge on any atom is -0.497 e. The quantitative estimate of drug-likeness (QED) is 0.593. The summed E-state index contributed by atoms with van der Waals surface area (Å²) in [5.41, 5.74) is 0.820. The van der Waals surface area contributed by atoms with Crippen LogP contribution in [0.4, 0.5) is 0 Å². The number of ether oxygens (including phenoxy) is 3. The molecule has 2 rings (SSSR count). The van der Waals surface area contributed by atoms with E-state index in [-0.39, 0.29) is 25.0 Å². The Morgan fingerprint density at radius 2 is 1.79 bits per heavy atom. The Hall–Kier alpha value is -2.56. The van der Waals surface area contributed by atoms with Crippen LogP contribution in [-0.4, -0.2) is 25.7 Å². The average Bonchev–Trinajstić information content (AvgIpc) is 2.61. The third-order valence-electron chi connectivity index (χ3n) is 3.91. The lowest BCUT2D eigenvalue weighted by Crippen LogP contribution is -2.22. The van der Waals surface area contributed by atoms with Gasteiger partial charge >= 0.3 is 11.9 Å². The molecule has 1 aliphatic rings. The zero-order valence-electron chi connectivity index (χ0n) is 13.9. The molecule has 1 aromatic rings. The van der Waals surface area contributed by atoms with Gasteiger partial charge in [0.1, 0.15) is 12.4 Å². The zero-order valence-corrected chi connectivity index (χ0v) is 13.9. The Morgan fingerprint density at radius 1 is 1.08 bits per heavy atom. The highest BCUT2D eigenvalue weighted by Gasteiger charge is 2.20. The van der Waals surface area contributed by atoms with E-state index in [1.54, 1.807) is 7.11 Å². The van der Waals surface area contributed by atoms with Crippen molar-refractivity contribution in [3.63, 3.8) is 0 Å². The molecule has 1 aromatic carbocycles. The Kier molecular flexibility index (Phi) is 6.61. The molecule has 0 heterocycles. The number of allylic oxidation sites excluding steroid dienone is 3. The van der Waals surface area contributed by atoms with Crippen molar-refractivity contribution >= 4 is 11.9 Å². The fourth-order valence-electron chi connectivity index (χ4n) is 2.46. The van der Waals surface area contributed by atoms with Gasteiger partial charge in [-0.2, -0.15) is 0 Å². The molecule has 1 aliphatic carbocycles. The van der Waals surface area contributed by atoms with Crippen LogP contribution in [0, 0.1) is 11.8 Å². The molecule has 0 amide bonds. The van der Waals surface area contributed by atoms with E-state index in [2.05, 4.69) is 6.92 Å². The minimum absolute atomic E-state index is 0.0573. The number of methoxy groups -OCH3 is 1. The number of hydrogen-bond donors (Lipinski definition) is 0. The second-order valence-electron chi connectivity index (χ2n) is 5.64. The smallest absolute Gasteiger partial charge is 0.417 e. The molecule has 0 aromatic heterocycles. The molecule has 0 radical (unpaired) electrons. The molecular formula is C19H22O5. The van der Waals surface area contributed by atoms with Crippen LogP contribution in [0.5, 0.6) is 0 Å². The molecule has 24 heavy (non-hydrogen) atoms. The predicted octanol–water partition coefficient (Wildman–Crippen LogP) is 3.02. The second kappa shape index (κ2) is 8.91. The van der Waals surface area contributed by atoms with Crippen LogP contribution in [0.15, 0.2) is 54.3 Å². The van der Waals surface area contributed by atoms with Gasteiger partial charge in [-0.15, -0.1) is 0 Å². The molecule has 2 unspecified atom stereocenters. The molecule has 0 fully saturated rings. The van der Waals surface area contributed by atoms with Crippen LogP contribution < -0.4 is 0 Å². The van der Waals surface area contributed by atoms with E-state index < -0.39 is 11.9 Å². The Balaban J connectivity index is 1.68. The van der Waals surface area contributed by atoms with Crippen LogP contribution in [-0.2, 0) is 30.4 Å². The van der Waals surface area contributed by atoms with Crippen molar-refractivity contribution in [2.24, 2.45) is 11.8 Å². The van der Waals surface area contributed by atoms with Gasteiger partial charge in [-0.3, -0.25) is 0 Å². The lowest BCUT2D eigenvalue weighted by Gasteiger charge is -2.22. The van der Waals surface area contributed by atoms with E-state index in [1.165, 1.54) is 0 Å². The first-order chi connectivity index (χ1) is 11.6. The zero-order chi connectivity index (χ0) is 17.4. The van der Waals surface area contributed by atoms with Gasteiger partial charge in [0.25, 0.3) is 0 Å². The van der Waals surface area contributed by atoms with E-state index in [9.17, 15) is 9.59 Å². The molecular weight excluding hydrogens is 308 g/mol. The number of hydrogen-bond acceptors (Lipinski definition) is 5. The van der Waals surface area contributed by atoms with Crippen molar-refractivity contribution in [3.05, 3.63) is 59.9 Å². The molecule has 5 heteroatoms. The van der Waals surface area contributed by atoms with Gasteiger partial charge < -0.3 is 14.2 Å². The summed E-state index contributed by atoms with van der Waals surface area (Å²) in [5.74, 6) is -0.551. The fourth-order valence-corrected chi connectivity index (χ4v) is 2.46. The van der Waals surface area contributed by atoms with E-state index in [0.29, 0.717) is 6.42 Å². The van der Waals surface area contributed by atoms with Crippen LogP contribution in [0.3, 0.4) is 0 Å². The standard InChI is InChI=1S/C19H22O5/c1-14-12-17(22-2)9-8-16(14)10-11-23-18(20)19(21)24-13-15-6-4-3-5-7-15/h3-9,12,14,16H,10-11,13H2,1-2H3. The number of rotatable bonds is 6. The maximum atomic E-state index is 11.6. The topological polar surface area (TPSA) is 61.8 Å². The summed E-state index contributed by atoms with van der Waals surface area (Å²) in [4.78, 5) is 23.2. The number of esters is 2. The fraction of sp³-hybridized carbons (Fsp3) is 0.368. The van der Waals surface area contributed by atoms with Crippen LogP contribution in [0.1, 0.15) is 18.9 Å². The number of benzene rings is 1. The van der Waals surface area contributed by atoms with E-state index in [0.717, 1.165) is 11.3 Å². The SMILES string of the molecule is COC1=CC(C)C(CCOC(=O)C(=O)OCc2ccccc2)C=C1. The van der Waals surface area contributed by atoms with E-state index in [4.69, 9.17) is 14.2 Å². The molecule has 0 saturated heterocycles. The van der Waals surface area contributed by atoms with Crippen LogP contribution in [0.25, 0.3) is 0 Å². The van der Waals surface area contributed by atoms with Crippen LogP contribution in [0.2, 0.25) is 0 Å².